The molecule has 0 aliphatic carbocycles. The van der Waals surface area contributed by atoms with Crippen LogP contribution in [0.25, 0.3) is 44.2 Å². The van der Waals surface area contributed by atoms with E-state index in [1.807, 2.05) is 54.6 Å². The normalized spacial score (nSPS) is 11.7. The minimum Gasteiger partial charge on any atom is -0.455 e. The summed E-state index contributed by atoms with van der Waals surface area (Å²) in [5.41, 5.74) is 3.46. The summed E-state index contributed by atoms with van der Waals surface area (Å²) < 4.78 is 12.8. The van der Waals surface area contributed by atoms with Gasteiger partial charge in [0.1, 0.15) is 16.7 Å². The van der Waals surface area contributed by atoms with Crippen molar-refractivity contribution in [3.63, 3.8) is 0 Å². The number of aromatic nitrogens is 1. The molecule has 5 aromatic rings. The number of fused-ring (bicyclic) bond motifs is 5. The van der Waals surface area contributed by atoms with E-state index in [0.717, 1.165) is 48.6 Å². The molecule has 0 bridgehead atoms. The van der Waals surface area contributed by atoms with Crippen LogP contribution in [0.2, 0.25) is 0 Å². The van der Waals surface area contributed by atoms with E-state index in [0.29, 0.717) is 0 Å². The summed E-state index contributed by atoms with van der Waals surface area (Å²) in [6.45, 7) is 0. The number of halogens is 1. The Morgan fingerprint density at radius 1 is 0.870 bits per heavy atom. The first-order valence-electron chi connectivity index (χ1n) is 7.27. The van der Waals surface area contributed by atoms with Crippen molar-refractivity contribution in [3.8, 4) is 11.3 Å². The van der Waals surface area contributed by atoms with Gasteiger partial charge in [-0.1, -0.05) is 51.4 Å². The summed E-state index contributed by atoms with van der Waals surface area (Å²) in [4.78, 5) is 0. The average Bonchev–Trinajstić information content (AvgIpc) is 3.16. The Morgan fingerprint density at radius 3 is 2.61 bits per heavy atom. The Morgan fingerprint density at radius 2 is 1.74 bits per heavy atom. The summed E-state index contributed by atoms with van der Waals surface area (Å²) in [6.07, 6.45) is 0. The lowest BCUT2D eigenvalue weighted by atomic mass is 10.1. The lowest BCUT2D eigenvalue weighted by Crippen LogP contribution is -1.75. The van der Waals surface area contributed by atoms with Crippen LogP contribution in [-0.2, 0) is 0 Å². The van der Waals surface area contributed by atoms with Gasteiger partial charge in [0.05, 0.1) is 5.39 Å². The van der Waals surface area contributed by atoms with Gasteiger partial charge in [-0.3, -0.25) is 0 Å². The predicted molar refractivity (Wildman–Crippen MR) is 94.4 cm³/mol. The smallest absolute Gasteiger partial charge is 0.178 e. The van der Waals surface area contributed by atoms with Gasteiger partial charge >= 0.3 is 0 Å². The Labute approximate surface area is 139 Å². The highest BCUT2D eigenvalue weighted by Crippen LogP contribution is 2.39. The highest BCUT2D eigenvalue weighted by atomic mass is 79.9. The average molecular weight is 364 g/mol. The van der Waals surface area contributed by atoms with E-state index < -0.39 is 0 Å². The van der Waals surface area contributed by atoms with E-state index in [1.54, 1.807) is 0 Å². The molecule has 0 fully saturated rings. The molecule has 4 heteroatoms. The monoisotopic (exact) mass is 363 g/mol. The fourth-order valence-electron chi connectivity index (χ4n) is 3.02. The Kier molecular flexibility index (Phi) is 2.64. The molecule has 0 spiro atoms. The first-order chi connectivity index (χ1) is 11.3. The van der Waals surface area contributed by atoms with Gasteiger partial charge in [-0.15, -0.1) is 0 Å². The Balaban J connectivity index is 1.95. The third-order valence-corrected chi connectivity index (χ3v) is 4.57. The van der Waals surface area contributed by atoms with Crippen molar-refractivity contribution in [3.05, 3.63) is 65.1 Å². The van der Waals surface area contributed by atoms with Crippen molar-refractivity contribution in [2.75, 3.05) is 0 Å². The minimum absolute atomic E-state index is 0.740. The maximum atomic E-state index is 6.12. The molecule has 110 valence electrons. The largest absolute Gasteiger partial charge is 0.455 e. The molecule has 3 aromatic carbocycles. The van der Waals surface area contributed by atoms with Crippen LogP contribution in [0.1, 0.15) is 0 Å². The van der Waals surface area contributed by atoms with Gasteiger partial charge in [-0.05, 0) is 30.3 Å². The maximum absolute atomic E-state index is 6.12. The van der Waals surface area contributed by atoms with Gasteiger partial charge in [0.25, 0.3) is 0 Å². The van der Waals surface area contributed by atoms with Gasteiger partial charge < -0.3 is 8.94 Å². The number of benzene rings is 3. The van der Waals surface area contributed by atoms with Gasteiger partial charge in [-0.25, -0.2) is 0 Å². The molecule has 0 saturated carbocycles. The molecule has 0 aliphatic rings. The number of rotatable bonds is 1. The van der Waals surface area contributed by atoms with E-state index in [4.69, 9.17) is 8.94 Å². The Bertz CT molecular complexity index is 1170. The first-order valence-corrected chi connectivity index (χ1v) is 8.06. The van der Waals surface area contributed by atoms with E-state index in [2.05, 4.69) is 27.2 Å². The lowest BCUT2D eigenvalue weighted by molar-refractivity contribution is 0.441. The van der Waals surface area contributed by atoms with Crippen molar-refractivity contribution in [2.24, 2.45) is 0 Å². The molecule has 0 atom stereocenters. The fraction of sp³-hybridized carbons (Fsp3) is 0. The second kappa shape index (κ2) is 4.70. The second-order valence-electron chi connectivity index (χ2n) is 5.46. The zero-order valence-corrected chi connectivity index (χ0v) is 13.5. The number of nitrogens with zero attached hydrogens (tertiary/aromatic N) is 1. The van der Waals surface area contributed by atoms with Crippen LogP contribution < -0.4 is 0 Å². The van der Waals surface area contributed by atoms with E-state index in [-0.39, 0.29) is 0 Å². The molecule has 2 heterocycles. The summed E-state index contributed by atoms with van der Waals surface area (Å²) >= 11 is 3.52. The summed E-state index contributed by atoms with van der Waals surface area (Å²) in [7, 11) is 0. The SMILES string of the molecule is Brc1ccc2oc3c(ccc4noc(-c5ccccc5)c43)c2c1. The van der Waals surface area contributed by atoms with E-state index in [1.165, 1.54) is 0 Å². The van der Waals surface area contributed by atoms with E-state index >= 15 is 0 Å². The molecule has 0 unspecified atom stereocenters. The van der Waals surface area contributed by atoms with Crippen LogP contribution in [0.4, 0.5) is 0 Å². The van der Waals surface area contributed by atoms with Crippen molar-refractivity contribution in [1.29, 1.82) is 0 Å². The van der Waals surface area contributed by atoms with Crippen LogP contribution >= 0.6 is 15.9 Å². The molecule has 0 amide bonds. The summed E-state index contributed by atoms with van der Waals surface area (Å²) in [6, 6.07) is 20.0. The standard InChI is InChI=1S/C19H10BrNO2/c20-12-6-9-16-14(10-12)13-7-8-15-17(19(13)22-16)18(23-21-15)11-4-2-1-3-5-11/h1-10H. The third kappa shape index (κ3) is 1.85. The van der Waals surface area contributed by atoms with Crippen molar-refractivity contribution in [1.82, 2.24) is 5.16 Å². The number of furan rings is 1. The van der Waals surface area contributed by atoms with Gasteiger partial charge in [0, 0.05) is 20.8 Å². The van der Waals surface area contributed by atoms with Crippen LogP contribution in [0.5, 0.6) is 0 Å². The third-order valence-electron chi connectivity index (χ3n) is 4.08. The molecule has 0 saturated heterocycles. The Hall–Kier alpha value is -2.59. The summed E-state index contributed by atoms with van der Waals surface area (Å²) in [5, 5.41) is 7.25. The molecular formula is C19H10BrNO2. The molecule has 0 radical (unpaired) electrons. The fourth-order valence-corrected chi connectivity index (χ4v) is 3.39. The molecule has 0 aliphatic heterocycles. The quantitative estimate of drug-likeness (QED) is 0.358. The van der Waals surface area contributed by atoms with E-state index in [9.17, 15) is 0 Å². The highest BCUT2D eigenvalue weighted by Gasteiger charge is 2.18. The topological polar surface area (TPSA) is 39.2 Å². The molecule has 23 heavy (non-hydrogen) atoms. The first kappa shape index (κ1) is 12.9. The predicted octanol–water partition coefficient (Wildman–Crippen LogP) is 6.16. The molecule has 0 N–H and O–H groups in total. The van der Waals surface area contributed by atoms with Gasteiger partial charge in [0.15, 0.2) is 5.76 Å². The molecule has 5 rings (SSSR count). The van der Waals surface area contributed by atoms with Crippen LogP contribution in [0.3, 0.4) is 0 Å². The van der Waals surface area contributed by atoms with Crippen LogP contribution in [0, 0.1) is 0 Å². The summed E-state index contributed by atoms with van der Waals surface area (Å²) in [5.74, 6) is 0.740. The van der Waals surface area contributed by atoms with Gasteiger partial charge in [-0.2, -0.15) is 0 Å². The zero-order valence-electron chi connectivity index (χ0n) is 11.9. The highest BCUT2D eigenvalue weighted by molar-refractivity contribution is 9.10. The minimum atomic E-state index is 0.740. The number of hydrogen-bond acceptors (Lipinski definition) is 3. The number of hydrogen-bond donors (Lipinski definition) is 0. The molecule has 2 aromatic heterocycles. The molecule has 3 nitrogen and oxygen atoms in total. The molecular weight excluding hydrogens is 354 g/mol. The van der Waals surface area contributed by atoms with Crippen molar-refractivity contribution in [2.45, 2.75) is 0 Å². The van der Waals surface area contributed by atoms with Crippen molar-refractivity contribution < 1.29 is 8.94 Å². The van der Waals surface area contributed by atoms with Crippen LogP contribution in [0.15, 0.2) is 74.1 Å². The second-order valence-corrected chi connectivity index (χ2v) is 6.37. The van der Waals surface area contributed by atoms with Gasteiger partial charge in [0.2, 0.25) is 0 Å². The maximum Gasteiger partial charge on any atom is 0.178 e. The zero-order chi connectivity index (χ0) is 15.4. The van der Waals surface area contributed by atoms with Crippen LogP contribution in [-0.4, -0.2) is 5.16 Å². The van der Waals surface area contributed by atoms with Crippen molar-refractivity contribution >= 4 is 48.8 Å². The lowest BCUT2D eigenvalue weighted by Gasteiger charge is -1.96.